The molecule has 0 aliphatic carbocycles. The molecule has 2 aliphatic rings. The molecule has 1 aromatic rings. The van der Waals surface area contributed by atoms with Crippen molar-refractivity contribution >= 4 is 11.6 Å². The maximum absolute atomic E-state index is 6.30. The second kappa shape index (κ2) is 5.34. The maximum atomic E-state index is 6.30. The molecule has 98 valence electrons. The van der Waals surface area contributed by atoms with E-state index in [2.05, 4.69) is 5.32 Å². The molecule has 4 nitrogen and oxygen atoms in total. The van der Waals surface area contributed by atoms with Crippen molar-refractivity contribution in [3.63, 3.8) is 0 Å². The normalized spacial score (nSPS) is 23.5. The monoisotopic (exact) mass is 269 g/mol. The van der Waals surface area contributed by atoms with Crippen LogP contribution in [0.5, 0.6) is 11.5 Å². The molecule has 0 bridgehead atoms. The fourth-order valence-corrected chi connectivity index (χ4v) is 2.49. The Kier molecular flexibility index (Phi) is 3.59. The van der Waals surface area contributed by atoms with Crippen LogP contribution in [0.2, 0.25) is 5.02 Å². The van der Waals surface area contributed by atoms with Crippen LogP contribution in [0.3, 0.4) is 0 Å². The molecule has 0 spiro atoms. The first-order chi connectivity index (χ1) is 8.84. The third-order valence-electron chi connectivity index (χ3n) is 3.14. The van der Waals surface area contributed by atoms with E-state index in [0.29, 0.717) is 24.8 Å². The average Bonchev–Trinajstić information content (AvgIpc) is 2.63. The van der Waals surface area contributed by atoms with E-state index < -0.39 is 0 Å². The predicted octanol–water partition coefficient (Wildman–Crippen LogP) is 2.16. The fourth-order valence-electron chi connectivity index (χ4n) is 2.21. The quantitative estimate of drug-likeness (QED) is 0.848. The van der Waals surface area contributed by atoms with Crippen LogP contribution in [-0.2, 0) is 4.74 Å². The van der Waals surface area contributed by atoms with Gasteiger partial charge in [-0.3, -0.25) is 0 Å². The van der Waals surface area contributed by atoms with Crippen molar-refractivity contribution < 1.29 is 14.2 Å². The Morgan fingerprint density at radius 1 is 1.11 bits per heavy atom. The minimum atomic E-state index is -0.0107. The van der Waals surface area contributed by atoms with E-state index in [4.69, 9.17) is 25.8 Å². The summed E-state index contributed by atoms with van der Waals surface area (Å²) in [4.78, 5) is 0. The molecular weight excluding hydrogens is 254 g/mol. The molecule has 1 fully saturated rings. The zero-order valence-electron chi connectivity index (χ0n) is 10.1. The van der Waals surface area contributed by atoms with Gasteiger partial charge in [-0.25, -0.2) is 0 Å². The van der Waals surface area contributed by atoms with Gasteiger partial charge in [-0.1, -0.05) is 11.6 Å². The van der Waals surface area contributed by atoms with E-state index in [-0.39, 0.29) is 6.10 Å². The number of rotatable bonds is 1. The standard InChI is InChI=1S/C13H16ClNO3/c14-10-7-12-11(16-3-1-4-17-12)6-9(10)13-8-15-2-5-18-13/h6-7,13,15H,1-5,8H2. The Labute approximate surface area is 111 Å². The first-order valence-electron chi connectivity index (χ1n) is 6.26. The van der Waals surface area contributed by atoms with E-state index in [1.165, 1.54) is 0 Å². The minimum absolute atomic E-state index is 0.0107. The zero-order chi connectivity index (χ0) is 12.4. The van der Waals surface area contributed by atoms with Crippen molar-refractivity contribution in [2.24, 2.45) is 0 Å². The van der Waals surface area contributed by atoms with Gasteiger partial charge in [-0.05, 0) is 6.07 Å². The summed E-state index contributed by atoms with van der Waals surface area (Å²) in [5.41, 5.74) is 0.966. The first-order valence-corrected chi connectivity index (χ1v) is 6.64. The number of hydrogen-bond acceptors (Lipinski definition) is 4. The molecule has 3 rings (SSSR count). The van der Waals surface area contributed by atoms with E-state index in [0.717, 1.165) is 36.6 Å². The van der Waals surface area contributed by atoms with E-state index in [9.17, 15) is 0 Å². The molecule has 18 heavy (non-hydrogen) atoms. The summed E-state index contributed by atoms with van der Waals surface area (Å²) in [5, 5.41) is 3.97. The van der Waals surface area contributed by atoms with Gasteiger partial charge < -0.3 is 19.5 Å². The third-order valence-corrected chi connectivity index (χ3v) is 3.47. The van der Waals surface area contributed by atoms with Crippen LogP contribution in [0.1, 0.15) is 18.1 Å². The molecule has 1 unspecified atom stereocenters. The largest absolute Gasteiger partial charge is 0.490 e. The van der Waals surface area contributed by atoms with Gasteiger partial charge in [-0.2, -0.15) is 0 Å². The lowest BCUT2D eigenvalue weighted by Crippen LogP contribution is -2.33. The van der Waals surface area contributed by atoms with Crippen LogP contribution in [0.15, 0.2) is 12.1 Å². The molecule has 2 aliphatic heterocycles. The van der Waals surface area contributed by atoms with Crippen molar-refractivity contribution in [2.75, 3.05) is 32.9 Å². The highest BCUT2D eigenvalue weighted by atomic mass is 35.5. The number of halogens is 1. The van der Waals surface area contributed by atoms with Crippen LogP contribution in [0, 0.1) is 0 Å². The second-order valence-electron chi connectivity index (χ2n) is 4.43. The number of hydrogen-bond donors (Lipinski definition) is 1. The third kappa shape index (κ3) is 2.41. The lowest BCUT2D eigenvalue weighted by Gasteiger charge is -2.25. The average molecular weight is 270 g/mol. The Morgan fingerprint density at radius 3 is 2.61 bits per heavy atom. The van der Waals surface area contributed by atoms with Gasteiger partial charge in [-0.15, -0.1) is 0 Å². The van der Waals surface area contributed by atoms with Gasteiger partial charge >= 0.3 is 0 Å². The van der Waals surface area contributed by atoms with Crippen LogP contribution >= 0.6 is 11.6 Å². The lowest BCUT2D eigenvalue weighted by molar-refractivity contribution is 0.0276. The van der Waals surface area contributed by atoms with Crippen molar-refractivity contribution in [1.29, 1.82) is 0 Å². The van der Waals surface area contributed by atoms with Crippen LogP contribution in [0.4, 0.5) is 0 Å². The molecule has 5 heteroatoms. The predicted molar refractivity (Wildman–Crippen MR) is 68.6 cm³/mol. The number of nitrogens with one attached hydrogen (secondary N) is 1. The molecule has 1 saturated heterocycles. The molecule has 0 amide bonds. The van der Waals surface area contributed by atoms with Crippen molar-refractivity contribution in [1.82, 2.24) is 5.32 Å². The summed E-state index contributed by atoms with van der Waals surface area (Å²) in [6.45, 7) is 3.72. The van der Waals surface area contributed by atoms with Crippen LogP contribution in [-0.4, -0.2) is 32.9 Å². The first kappa shape index (κ1) is 12.1. The van der Waals surface area contributed by atoms with Crippen molar-refractivity contribution in [2.45, 2.75) is 12.5 Å². The molecular formula is C13H16ClNO3. The maximum Gasteiger partial charge on any atom is 0.162 e. The van der Waals surface area contributed by atoms with Crippen molar-refractivity contribution in [3.8, 4) is 11.5 Å². The molecule has 0 aromatic heterocycles. The van der Waals surface area contributed by atoms with Crippen molar-refractivity contribution in [3.05, 3.63) is 22.7 Å². The van der Waals surface area contributed by atoms with Crippen LogP contribution < -0.4 is 14.8 Å². The molecule has 2 heterocycles. The SMILES string of the molecule is Clc1cc2c(cc1C1CNCCO1)OCCCO2. The molecule has 1 N–H and O–H groups in total. The van der Waals surface area contributed by atoms with E-state index in [1.54, 1.807) is 0 Å². The van der Waals surface area contributed by atoms with Crippen LogP contribution in [0.25, 0.3) is 0 Å². The van der Waals surface area contributed by atoms with E-state index in [1.807, 2.05) is 12.1 Å². The van der Waals surface area contributed by atoms with Gasteiger partial charge in [0, 0.05) is 31.1 Å². The number of ether oxygens (including phenoxy) is 3. The highest BCUT2D eigenvalue weighted by molar-refractivity contribution is 6.31. The molecule has 1 atom stereocenters. The fraction of sp³-hybridized carbons (Fsp3) is 0.538. The summed E-state index contributed by atoms with van der Waals surface area (Å²) in [6.07, 6.45) is 0.881. The van der Waals surface area contributed by atoms with Gasteiger partial charge in [0.2, 0.25) is 0 Å². The van der Waals surface area contributed by atoms with Gasteiger partial charge in [0.05, 0.1) is 30.9 Å². The summed E-state index contributed by atoms with van der Waals surface area (Å²) in [7, 11) is 0. The summed E-state index contributed by atoms with van der Waals surface area (Å²) in [6, 6.07) is 3.77. The lowest BCUT2D eigenvalue weighted by atomic mass is 10.1. The second-order valence-corrected chi connectivity index (χ2v) is 4.84. The van der Waals surface area contributed by atoms with E-state index >= 15 is 0 Å². The topological polar surface area (TPSA) is 39.7 Å². The molecule has 0 saturated carbocycles. The number of fused-ring (bicyclic) bond motifs is 1. The number of benzene rings is 1. The Balaban J connectivity index is 1.92. The van der Waals surface area contributed by atoms with Gasteiger partial charge in [0.1, 0.15) is 0 Å². The summed E-state index contributed by atoms with van der Waals surface area (Å²) < 4.78 is 17.0. The highest BCUT2D eigenvalue weighted by Crippen LogP contribution is 2.38. The van der Waals surface area contributed by atoms with Gasteiger partial charge in [0.15, 0.2) is 11.5 Å². The number of morpholine rings is 1. The van der Waals surface area contributed by atoms with Gasteiger partial charge in [0.25, 0.3) is 0 Å². The molecule has 1 aromatic carbocycles. The Bertz CT molecular complexity index is 432. The Hall–Kier alpha value is -0.970. The minimum Gasteiger partial charge on any atom is -0.490 e. The summed E-state index contributed by atoms with van der Waals surface area (Å²) in [5.74, 6) is 1.49. The smallest absolute Gasteiger partial charge is 0.162 e. The highest BCUT2D eigenvalue weighted by Gasteiger charge is 2.22. The Morgan fingerprint density at radius 2 is 1.89 bits per heavy atom. The molecule has 0 radical (unpaired) electrons. The zero-order valence-corrected chi connectivity index (χ0v) is 10.8. The summed E-state index contributed by atoms with van der Waals surface area (Å²) >= 11 is 6.30.